The minimum atomic E-state index is -0.241. The van der Waals surface area contributed by atoms with Gasteiger partial charge in [-0.15, -0.1) is 0 Å². The van der Waals surface area contributed by atoms with Crippen LogP contribution in [0.1, 0.15) is 46.0 Å². The van der Waals surface area contributed by atoms with Crippen molar-refractivity contribution in [1.29, 1.82) is 0 Å². The molecule has 2 saturated heterocycles. The monoisotopic (exact) mass is 294 g/mol. The standard InChI is InChI=1S/C17H30N2O2/c1-17(2,14-4-3-8-18-10-14)16(20)19(15-5-6-15)11-13-7-9-21-12-13/h13-15,18H,3-12H2,1-2H3. The molecule has 21 heavy (non-hydrogen) atoms. The normalized spacial score (nSPS) is 30.4. The van der Waals surface area contributed by atoms with Crippen LogP contribution in [0.5, 0.6) is 0 Å². The van der Waals surface area contributed by atoms with E-state index in [-0.39, 0.29) is 5.41 Å². The molecule has 0 spiro atoms. The molecule has 2 atom stereocenters. The second-order valence-electron chi connectivity index (χ2n) is 7.68. The van der Waals surface area contributed by atoms with Crippen LogP contribution in [0.4, 0.5) is 0 Å². The lowest BCUT2D eigenvalue weighted by molar-refractivity contribution is -0.145. The molecule has 3 fully saturated rings. The quantitative estimate of drug-likeness (QED) is 0.843. The molecule has 0 radical (unpaired) electrons. The Bertz CT molecular complexity index is 367. The largest absolute Gasteiger partial charge is 0.381 e. The first kappa shape index (κ1) is 15.3. The van der Waals surface area contributed by atoms with E-state index < -0.39 is 0 Å². The van der Waals surface area contributed by atoms with Gasteiger partial charge in [0.2, 0.25) is 5.91 Å². The van der Waals surface area contributed by atoms with E-state index >= 15 is 0 Å². The lowest BCUT2D eigenvalue weighted by Crippen LogP contribution is -2.50. The number of amides is 1. The molecule has 3 rings (SSSR count). The number of carbonyl (C=O) groups excluding carboxylic acids is 1. The third-order valence-corrected chi connectivity index (χ3v) is 5.60. The van der Waals surface area contributed by atoms with Crippen LogP contribution in [0.2, 0.25) is 0 Å². The van der Waals surface area contributed by atoms with Crippen molar-refractivity contribution >= 4 is 5.91 Å². The molecule has 3 aliphatic rings. The molecule has 0 aromatic heterocycles. The molecular formula is C17H30N2O2. The molecule has 0 aromatic rings. The zero-order valence-corrected chi connectivity index (χ0v) is 13.6. The highest BCUT2D eigenvalue weighted by atomic mass is 16.5. The summed E-state index contributed by atoms with van der Waals surface area (Å²) in [5.41, 5.74) is -0.241. The Morgan fingerprint density at radius 2 is 2.10 bits per heavy atom. The van der Waals surface area contributed by atoms with Crippen molar-refractivity contribution in [2.75, 3.05) is 32.8 Å². The number of rotatable bonds is 5. The lowest BCUT2D eigenvalue weighted by Gasteiger charge is -2.40. The molecule has 0 bridgehead atoms. The van der Waals surface area contributed by atoms with E-state index in [0.29, 0.717) is 23.8 Å². The smallest absolute Gasteiger partial charge is 0.228 e. The van der Waals surface area contributed by atoms with Gasteiger partial charge in [0.25, 0.3) is 0 Å². The van der Waals surface area contributed by atoms with E-state index in [1.54, 1.807) is 0 Å². The van der Waals surface area contributed by atoms with Crippen LogP contribution in [0.15, 0.2) is 0 Å². The SMILES string of the molecule is CC(C)(C(=O)N(CC1CCOC1)C1CC1)C1CCCNC1. The molecule has 1 N–H and O–H groups in total. The van der Waals surface area contributed by atoms with Crippen LogP contribution < -0.4 is 5.32 Å². The Hall–Kier alpha value is -0.610. The maximum atomic E-state index is 13.2. The minimum absolute atomic E-state index is 0.241. The molecule has 1 aliphatic carbocycles. The first-order valence-corrected chi connectivity index (χ1v) is 8.68. The number of piperidine rings is 1. The first-order chi connectivity index (χ1) is 10.1. The number of nitrogens with zero attached hydrogens (tertiary/aromatic N) is 1. The van der Waals surface area contributed by atoms with Crippen LogP contribution in [0, 0.1) is 17.3 Å². The number of carbonyl (C=O) groups is 1. The third-order valence-electron chi connectivity index (χ3n) is 5.60. The van der Waals surface area contributed by atoms with Crippen molar-refractivity contribution in [2.24, 2.45) is 17.3 Å². The van der Waals surface area contributed by atoms with Crippen molar-refractivity contribution in [2.45, 2.75) is 52.0 Å². The molecule has 4 heteroatoms. The van der Waals surface area contributed by atoms with Crippen molar-refractivity contribution in [3.63, 3.8) is 0 Å². The molecule has 1 amide bonds. The molecule has 2 aliphatic heterocycles. The topological polar surface area (TPSA) is 41.6 Å². The number of hydrogen-bond donors (Lipinski definition) is 1. The maximum Gasteiger partial charge on any atom is 0.228 e. The van der Waals surface area contributed by atoms with E-state index in [1.807, 2.05) is 0 Å². The van der Waals surface area contributed by atoms with Gasteiger partial charge in [-0.1, -0.05) is 13.8 Å². The Morgan fingerprint density at radius 3 is 2.67 bits per heavy atom. The number of nitrogens with one attached hydrogen (secondary N) is 1. The van der Waals surface area contributed by atoms with Gasteiger partial charge in [0.1, 0.15) is 0 Å². The summed E-state index contributed by atoms with van der Waals surface area (Å²) in [6.07, 6.45) is 5.87. The van der Waals surface area contributed by atoms with Gasteiger partial charge < -0.3 is 15.0 Å². The molecule has 2 heterocycles. The summed E-state index contributed by atoms with van der Waals surface area (Å²) in [5.74, 6) is 1.40. The van der Waals surface area contributed by atoms with Crippen LogP contribution in [-0.2, 0) is 9.53 Å². The van der Waals surface area contributed by atoms with Gasteiger partial charge in [-0.2, -0.15) is 0 Å². The Balaban J connectivity index is 1.66. The fourth-order valence-corrected chi connectivity index (χ4v) is 3.80. The van der Waals surface area contributed by atoms with Gasteiger partial charge in [0.05, 0.1) is 6.61 Å². The summed E-state index contributed by atoms with van der Waals surface area (Å²) in [4.78, 5) is 15.4. The fraction of sp³-hybridized carbons (Fsp3) is 0.941. The summed E-state index contributed by atoms with van der Waals surface area (Å²) in [6, 6.07) is 0.508. The Kier molecular flexibility index (Phi) is 4.55. The lowest BCUT2D eigenvalue weighted by atomic mass is 9.74. The van der Waals surface area contributed by atoms with Gasteiger partial charge in [-0.25, -0.2) is 0 Å². The average molecular weight is 294 g/mol. The fourth-order valence-electron chi connectivity index (χ4n) is 3.80. The summed E-state index contributed by atoms with van der Waals surface area (Å²) < 4.78 is 5.49. The van der Waals surface area contributed by atoms with E-state index in [2.05, 4.69) is 24.1 Å². The Labute approximate surface area is 128 Å². The van der Waals surface area contributed by atoms with Crippen molar-refractivity contribution in [3.05, 3.63) is 0 Å². The first-order valence-electron chi connectivity index (χ1n) is 8.68. The second kappa shape index (κ2) is 6.25. The van der Waals surface area contributed by atoms with E-state index in [9.17, 15) is 4.79 Å². The molecule has 1 saturated carbocycles. The summed E-state index contributed by atoms with van der Waals surface area (Å²) in [7, 11) is 0. The van der Waals surface area contributed by atoms with Crippen molar-refractivity contribution in [1.82, 2.24) is 10.2 Å². The number of ether oxygens (including phenoxy) is 1. The van der Waals surface area contributed by atoms with E-state index in [1.165, 1.54) is 25.7 Å². The van der Waals surface area contributed by atoms with Gasteiger partial charge >= 0.3 is 0 Å². The summed E-state index contributed by atoms with van der Waals surface area (Å²) in [6.45, 7) is 9.03. The van der Waals surface area contributed by atoms with Crippen LogP contribution in [-0.4, -0.2) is 49.7 Å². The maximum absolute atomic E-state index is 13.2. The molecule has 2 unspecified atom stereocenters. The highest BCUT2D eigenvalue weighted by molar-refractivity contribution is 5.83. The zero-order chi connectivity index (χ0) is 14.9. The molecule has 4 nitrogen and oxygen atoms in total. The molecule has 0 aromatic carbocycles. The van der Waals surface area contributed by atoms with Gasteiger partial charge in [0.15, 0.2) is 0 Å². The summed E-state index contributed by atoms with van der Waals surface area (Å²) >= 11 is 0. The van der Waals surface area contributed by atoms with Gasteiger partial charge in [-0.3, -0.25) is 4.79 Å². The zero-order valence-electron chi connectivity index (χ0n) is 13.6. The van der Waals surface area contributed by atoms with Gasteiger partial charge in [0, 0.05) is 30.5 Å². The van der Waals surface area contributed by atoms with Gasteiger partial charge in [-0.05, 0) is 51.1 Å². The number of hydrogen-bond acceptors (Lipinski definition) is 3. The second-order valence-corrected chi connectivity index (χ2v) is 7.68. The molecule has 120 valence electrons. The average Bonchev–Trinajstić information content (AvgIpc) is 3.21. The predicted octanol–water partition coefficient (Wildman–Crippen LogP) is 2.04. The minimum Gasteiger partial charge on any atom is -0.381 e. The van der Waals surface area contributed by atoms with Crippen LogP contribution >= 0.6 is 0 Å². The van der Waals surface area contributed by atoms with Crippen LogP contribution in [0.3, 0.4) is 0 Å². The van der Waals surface area contributed by atoms with Crippen molar-refractivity contribution in [3.8, 4) is 0 Å². The molecular weight excluding hydrogens is 264 g/mol. The van der Waals surface area contributed by atoms with Crippen molar-refractivity contribution < 1.29 is 9.53 Å². The van der Waals surface area contributed by atoms with Crippen LogP contribution in [0.25, 0.3) is 0 Å². The summed E-state index contributed by atoms with van der Waals surface area (Å²) in [5, 5.41) is 3.46. The van der Waals surface area contributed by atoms with E-state index in [4.69, 9.17) is 4.74 Å². The van der Waals surface area contributed by atoms with E-state index in [0.717, 1.165) is 39.3 Å². The predicted molar refractivity (Wildman–Crippen MR) is 83.0 cm³/mol. The highest BCUT2D eigenvalue weighted by Crippen LogP contribution is 2.38. The Morgan fingerprint density at radius 1 is 1.29 bits per heavy atom. The highest BCUT2D eigenvalue weighted by Gasteiger charge is 2.44. The third kappa shape index (κ3) is 3.42.